The van der Waals surface area contributed by atoms with Gasteiger partial charge in [-0.3, -0.25) is 0 Å². The van der Waals surface area contributed by atoms with E-state index in [2.05, 4.69) is 18.6 Å². The zero-order valence-corrected chi connectivity index (χ0v) is 14.0. The first kappa shape index (κ1) is 17.3. The maximum absolute atomic E-state index is 12.3. The number of rotatable bonds is 6. The van der Waals surface area contributed by atoms with E-state index in [9.17, 15) is 9.32 Å². The molecule has 20 heavy (non-hydrogen) atoms. The molecule has 1 aromatic carbocycles. The van der Waals surface area contributed by atoms with Crippen LogP contribution in [0.25, 0.3) is 0 Å². The largest absolute Gasteiger partial charge is 0.392 e. The van der Waals surface area contributed by atoms with Gasteiger partial charge in [0.1, 0.15) is 0 Å². The third-order valence-electron chi connectivity index (χ3n) is 3.35. The second kappa shape index (κ2) is 7.34. The van der Waals surface area contributed by atoms with Crippen molar-refractivity contribution in [1.29, 1.82) is 0 Å². The number of nitrogens with one attached hydrogen (secondary N) is 1. The lowest BCUT2D eigenvalue weighted by Crippen LogP contribution is -2.43. The highest BCUT2D eigenvalue weighted by Gasteiger charge is 2.24. The molecule has 1 unspecified atom stereocenters. The molecule has 2 N–H and O–H groups in total. The zero-order chi connectivity index (χ0) is 15.3. The van der Waals surface area contributed by atoms with Gasteiger partial charge < -0.3 is 5.11 Å². The summed E-state index contributed by atoms with van der Waals surface area (Å²) < 4.78 is 15.2. The molecule has 0 saturated carbocycles. The van der Waals surface area contributed by atoms with E-state index in [1.807, 2.05) is 45.0 Å². The summed E-state index contributed by atoms with van der Waals surface area (Å²) in [6, 6.07) is 8.01. The van der Waals surface area contributed by atoms with Gasteiger partial charge in [-0.1, -0.05) is 38.1 Å². The van der Waals surface area contributed by atoms with Crippen molar-refractivity contribution in [3.63, 3.8) is 0 Å². The Morgan fingerprint density at radius 3 is 2.20 bits per heavy atom. The van der Waals surface area contributed by atoms with Gasteiger partial charge in [-0.15, -0.1) is 0 Å². The first-order valence-corrected chi connectivity index (χ1v) is 8.26. The van der Waals surface area contributed by atoms with Crippen LogP contribution < -0.4 is 4.72 Å². The van der Waals surface area contributed by atoms with Crippen LogP contribution in [0.2, 0.25) is 0 Å². The van der Waals surface area contributed by atoms with Gasteiger partial charge in [0.2, 0.25) is 0 Å². The van der Waals surface area contributed by atoms with Gasteiger partial charge in [0.15, 0.2) is 0 Å². The van der Waals surface area contributed by atoms with Crippen molar-refractivity contribution >= 4 is 11.0 Å². The molecule has 0 aromatic heterocycles. The van der Waals surface area contributed by atoms with Crippen molar-refractivity contribution in [2.24, 2.45) is 5.92 Å². The Morgan fingerprint density at radius 2 is 1.75 bits per heavy atom. The molecule has 4 heteroatoms. The lowest BCUT2D eigenvalue weighted by molar-refractivity contribution is 0.280. The van der Waals surface area contributed by atoms with E-state index < -0.39 is 11.0 Å². The molecule has 2 atom stereocenters. The molecular formula is C16H27NO2S. The molecule has 0 heterocycles. The number of aliphatic hydroxyl groups excluding tert-OH is 1. The van der Waals surface area contributed by atoms with Crippen LogP contribution in [0.5, 0.6) is 0 Å². The maximum Gasteiger partial charge on any atom is 0.0972 e. The molecule has 0 spiro atoms. The number of benzene rings is 1. The van der Waals surface area contributed by atoms with Crippen LogP contribution in [-0.2, 0) is 24.0 Å². The second-order valence-electron chi connectivity index (χ2n) is 6.48. The van der Waals surface area contributed by atoms with Crippen molar-refractivity contribution in [1.82, 2.24) is 4.72 Å². The van der Waals surface area contributed by atoms with Crippen LogP contribution in [-0.4, -0.2) is 20.1 Å². The number of hydrogen-bond donors (Lipinski definition) is 2. The molecule has 0 aliphatic heterocycles. The van der Waals surface area contributed by atoms with Gasteiger partial charge in [0.25, 0.3) is 0 Å². The van der Waals surface area contributed by atoms with Crippen molar-refractivity contribution in [3.05, 3.63) is 35.4 Å². The van der Waals surface area contributed by atoms with Crippen LogP contribution in [0, 0.1) is 5.92 Å². The summed E-state index contributed by atoms with van der Waals surface area (Å²) in [5.41, 5.74) is 2.06. The summed E-state index contributed by atoms with van der Waals surface area (Å²) >= 11 is 0. The third kappa shape index (κ3) is 5.00. The lowest BCUT2D eigenvalue weighted by Gasteiger charge is -2.27. The fraction of sp³-hybridized carbons (Fsp3) is 0.625. The molecule has 114 valence electrons. The van der Waals surface area contributed by atoms with E-state index in [0.717, 1.165) is 17.5 Å². The maximum atomic E-state index is 12.3. The molecule has 1 aromatic rings. The summed E-state index contributed by atoms with van der Waals surface area (Å²) in [5.74, 6) is 0.369. The Morgan fingerprint density at radius 1 is 1.20 bits per heavy atom. The van der Waals surface area contributed by atoms with Crippen LogP contribution in [0.15, 0.2) is 24.3 Å². The topological polar surface area (TPSA) is 49.3 Å². The van der Waals surface area contributed by atoms with Crippen LogP contribution >= 0.6 is 0 Å². The van der Waals surface area contributed by atoms with E-state index in [-0.39, 0.29) is 17.4 Å². The molecule has 0 radical (unpaired) electrons. The number of hydrogen-bond acceptors (Lipinski definition) is 2. The Hall–Kier alpha value is -0.710. The predicted octanol–water partition coefficient (Wildman–Crippen LogP) is 2.80. The Balaban J connectivity index is 2.85. The molecule has 0 amide bonds. The summed E-state index contributed by atoms with van der Waals surface area (Å²) in [5, 5.41) is 9.40. The van der Waals surface area contributed by atoms with E-state index in [4.69, 9.17) is 0 Å². The average Bonchev–Trinajstić information content (AvgIpc) is 2.37. The molecule has 3 nitrogen and oxygen atoms in total. The van der Waals surface area contributed by atoms with Crippen LogP contribution in [0.1, 0.15) is 45.7 Å². The first-order chi connectivity index (χ1) is 9.25. The molecule has 0 aliphatic carbocycles. The SMILES string of the molecule is CC(C)[C@H](Cc1ccccc1CO)NS(=O)C(C)(C)C. The summed E-state index contributed by atoms with van der Waals surface area (Å²) in [6.45, 7) is 10.2. The Bertz CT molecular complexity index is 452. The molecule has 0 fully saturated rings. The van der Waals surface area contributed by atoms with Crippen molar-refractivity contribution in [2.45, 2.75) is 58.4 Å². The van der Waals surface area contributed by atoms with Crippen LogP contribution in [0.3, 0.4) is 0 Å². The monoisotopic (exact) mass is 297 g/mol. The third-order valence-corrected chi connectivity index (χ3v) is 4.98. The minimum atomic E-state index is -1.08. The smallest absolute Gasteiger partial charge is 0.0972 e. The zero-order valence-electron chi connectivity index (χ0n) is 13.1. The second-order valence-corrected chi connectivity index (χ2v) is 8.48. The molecular weight excluding hydrogens is 270 g/mol. The lowest BCUT2D eigenvalue weighted by atomic mass is 9.94. The average molecular weight is 297 g/mol. The quantitative estimate of drug-likeness (QED) is 0.848. The van der Waals surface area contributed by atoms with Gasteiger partial charge >= 0.3 is 0 Å². The van der Waals surface area contributed by atoms with Crippen molar-refractivity contribution in [3.8, 4) is 0 Å². The van der Waals surface area contributed by atoms with Gasteiger partial charge in [0.05, 0.1) is 22.3 Å². The Kier molecular flexibility index (Phi) is 6.37. The van der Waals surface area contributed by atoms with Crippen LogP contribution in [0.4, 0.5) is 0 Å². The normalized spacial score (nSPS) is 15.3. The molecule has 0 saturated heterocycles. The highest BCUT2D eigenvalue weighted by atomic mass is 32.2. The van der Waals surface area contributed by atoms with Gasteiger partial charge in [0, 0.05) is 6.04 Å². The van der Waals surface area contributed by atoms with E-state index >= 15 is 0 Å². The highest BCUT2D eigenvalue weighted by Crippen LogP contribution is 2.17. The van der Waals surface area contributed by atoms with E-state index in [1.165, 1.54) is 0 Å². The molecule has 0 bridgehead atoms. The highest BCUT2D eigenvalue weighted by molar-refractivity contribution is 7.84. The summed E-state index contributed by atoms with van der Waals surface area (Å²) in [4.78, 5) is 0. The number of aliphatic hydroxyl groups is 1. The summed E-state index contributed by atoms with van der Waals surface area (Å²) in [7, 11) is -1.08. The van der Waals surface area contributed by atoms with Gasteiger partial charge in [-0.05, 0) is 44.2 Å². The fourth-order valence-corrected chi connectivity index (χ4v) is 2.86. The van der Waals surface area contributed by atoms with Gasteiger partial charge in [-0.2, -0.15) is 0 Å². The summed E-state index contributed by atoms with van der Waals surface area (Å²) in [6.07, 6.45) is 0.774. The predicted molar refractivity (Wildman–Crippen MR) is 85.7 cm³/mol. The Labute approximate surface area is 125 Å². The van der Waals surface area contributed by atoms with Crippen molar-refractivity contribution in [2.75, 3.05) is 0 Å². The van der Waals surface area contributed by atoms with E-state index in [1.54, 1.807) is 0 Å². The fourth-order valence-electron chi connectivity index (χ4n) is 1.88. The van der Waals surface area contributed by atoms with Crippen molar-refractivity contribution < 1.29 is 9.32 Å². The minimum absolute atomic E-state index is 0.0450. The molecule has 1 rings (SSSR count). The minimum Gasteiger partial charge on any atom is -0.392 e. The first-order valence-electron chi connectivity index (χ1n) is 7.11. The van der Waals surface area contributed by atoms with E-state index in [0.29, 0.717) is 5.92 Å². The standard InChI is InChI=1S/C16H27NO2S/c1-12(2)15(17-20(19)16(3,4)5)10-13-8-6-7-9-14(13)11-18/h6-9,12,15,17-18H,10-11H2,1-5H3/t15-,20?/m0/s1. The van der Waals surface area contributed by atoms with Gasteiger partial charge in [-0.25, -0.2) is 8.93 Å². The molecule has 0 aliphatic rings.